The zero-order valence-electron chi connectivity index (χ0n) is 16.6. The molecule has 0 amide bonds. The Hall–Kier alpha value is -2.52. The lowest BCUT2D eigenvalue weighted by atomic mass is 10.1. The van der Waals surface area contributed by atoms with Crippen molar-refractivity contribution in [3.8, 4) is 11.4 Å². The van der Waals surface area contributed by atoms with Gasteiger partial charge in [0.05, 0.1) is 30.7 Å². The molecule has 1 N–H and O–H groups in total. The second-order valence-electron chi connectivity index (χ2n) is 7.98. The fourth-order valence-corrected chi connectivity index (χ4v) is 6.26. The van der Waals surface area contributed by atoms with Crippen LogP contribution in [0.3, 0.4) is 0 Å². The van der Waals surface area contributed by atoms with Gasteiger partial charge in [0.1, 0.15) is 16.9 Å². The summed E-state index contributed by atoms with van der Waals surface area (Å²) in [7, 11) is -3.25. The minimum Gasteiger partial charge on any atom is -0.377 e. The number of halogens is 1. The van der Waals surface area contributed by atoms with Crippen molar-refractivity contribution < 1.29 is 17.5 Å². The molecule has 4 heterocycles. The van der Waals surface area contributed by atoms with E-state index in [-0.39, 0.29) is 11.8 Å². The molecule has 30 heavy (non-hydrogen) atoms. The molecule has 1 aromatic carbocycles. The molecule has 7 nitrogen and oxygen atoms in total. The fraction of sp³-hybridized carbons (Fsp3) is 0.429. The number of H-pyrrole nitrogens is 1. The number of benzene rings is 1. The Morgan fingerprint density at radius 3 is 2.90 bits per heavy atom. The normalized spacial score (nSPS) is 23.9. The van der Waals surface area contributed by atoms with Crippen LogP contribution in [0.5, 0.6) is 0 Å². The molecule has 2 saturated heterocycles. The maximum atomic E-state index is 14.3. The molecule has 2 unspecified atom stereocenters. The van der Waals surface area contributed by atoms with E-state index in [1.54, 1.807) is 12.3 Å². The monoisotopic (exact) mass is 430 g/mol. The van der Waals surface area contributed by atoms with Crippen molar-refractivity contribution in [2.24, 2.45) is 0 Å². The summed E-state index contributed by atoms with van der Waals surface area (Å²) in [4.78, 5) is 14.5. The predicted molar refractivity (Wildman–Crippen MR) is 113 cm³/mol. The molecule has 0 spiro atoms. The number of fused-ring (bicyclic) bond motifs is 1. The van der Waals surface area contributed by atoms with E-state index in [4.69, 9.17) is 9.72 Å². The Balaban J connectivity index is 1.71. The third-order valence-corrected chi connectivity index (χ3v) is 8.13. The molecule has 2 atom stereocenters. The molecule has 9 heteroatoms. The Morgan fingerprint density at radius 2 is 2.13 bits per heavy atom. The van der Waals surface area contributed by atoms with E-state index in [1.807, 2.05) is 13.0 Å². The highest BCUT2D eigenvalue weighted by Crippen LogP contribution is 2.37. The van der Waals surface area contributed by atoms with Gasteiger partial charge in [-0.2, -0.15) is 0 Å². The van der Waals surface area contributed by atoms with Crippen LogP contribution >= 0.6 is 0 Å². The van der Waals surface area contributed by atoms with E-state index in [9.17, 15) is 12.8 Å². The average molecular weight is 431 g/mol. The first-order chi connectivity index (χ1) is 14.4. The summed E-state index contributed by atoms with van der Waals surface area (Å²) in [5.74, 6) is 0.763. The molecular formula is C21H23FN4O3S. The lowest BCUT2D eigenvalue weighted by Crippen LogP contribution is -2.44. The molecule has 0 aliphatic carbocycles. The van der Waals surface area contributed by atoms with Gasteiger partial charge in [0.2, 0.25) is 0 Å². The molecule has 2 aliphatic rings. The first-order valence-corrected chi connectivity index (χ1v) is 11.9. The quantitative estimate of drug-likeness (QED) is 0.686. The number of hydrogen-bond donors (Lipinski definition) is 1. The standard InChI is InChI=1S/C21H23FN4O3S/c1-13-12-29-7-6-26(13)20-11-18(19-3-2-8-30(19,27)28)24-21(25-20)16-9-14(22)10-17-15(16)4-5-23-17/h4-5,9-11,13,19,23H,2-3,6-8,12H2,1H3. The third-order valence-electron chi connectivity index (χ3n) is 5.93. The molecule has 2 aliphatic heterocycles. The van der Waals surface area contributed by atoms with E-state index >= 15 is 0 Å². The van der Waals surface area contributed by atoms with Crippen LogP contribution in [0.2, 0.25) is 0 Å². The highest BCUT2D eigenvalue weighted by atomic mass is 32.2. The van der Waals surface area contributed by atoms with Gasteiger partial charge in [-0.15, -0.1) is 0 Å². The van der Waals surface area contributed by atoms with Crippen LogP contribution in [0.15, 0.2) is 30.5 Å². The summed E-state index contributed by atoms with van der Waals surface area (Å²) >= 11 is 0. The Bertz CT molecular complexity index is 1210. The summed E-state index contributed by atoms with van der Waals surface area (Å²) in [5.41, 5.74) is 1.68. The van der Waals surface area contributed by atoms with E-state index in [1.165, 1.54) is 12.1 Å². The van der Waals surface area contributed by atoms with Gasteiger partial charge in [-0.3, -0.25) is 0 Å². The number of hydrogen-bond acceptors (Lipinski definition) is 6. The highest BCUT2D eigenvalue weighted by Gasteiger charge is 2.35. The topological polar surface area (TPSA) is 88.2 Å². The highest BCUT2D eigenvalue weighted by molar-refractivity contribution is 7.91. The summed E-state index contributed by atoms with van der Waals surface area (Å²) in [6.07, 6.45) is 2.90. The minimum absolute atomic E-state index is 0.0920. The van der Waals surface area contributed by atoms with Gasteiger partial charge in [0.15, 0.2) is 15.7 Å². The first-order valence-electron chi connectivity index (χ1n) is 10.1. The zero-order valence-corrected chi connectivity index (χ0v) is 17.5. The van der Waals surface area contributed by atoms with Gasteiger partial charge in [-0.05, 0) is 38.0 Å². The van der Waals surface area contributed by atoms with Crippen LogP contribution in [0.1, 0.15) is 30.7 Å². The van der Waals surface area contributed by atoms with Crippen molar-refractivity contribution in [1.29, 1.82) is 0 Å². The maximum Gasteiger partial charge on any atom is 0.162 e. The number of ether oxygens (including phenoxy) is 1. The van der Waals surface area contributed by atoms with Crippen LogP contribution < -0.4 is 4.90 Å². The van der Waals surface area contributed by atoms with Gasteiger partial charge in [0, 0.05) is 35.3 Å². The summed E-state index contributed by atoms with van der Waals surface area (Å²) in [6.45, 7) is 3.83. The van der Waals surface area contributed by atoms with E-state index in [0.29, 0.717) is 61.0 Å². The van der Waals surface area contributed by atoms with E-state index in [0.717, 1.165) is 5.39 Å². The third kappa shape index (κ3) is 3.35. The molecule has 158 valence electrons. The summed E-state index contributed by atoms with van der Waals surface area (Å²) in [5, 5.41) is 0.147. The van der Waals surface area contributed by atoms with Crippen molar-refractivity contribution >= 4 is 26.6 Å². The smallest absolute Gasteiger partial charge is 0.162 e. The number of rotatable bonds is 3. The number of aromatic amines is 1. The van der Waals surface area contributed by atoms with Gasteiger partial charge in [-0.25, -0.2) is 22.8 Å². The Labute approximate surface area is 174 Å². The molecule has 0 saturated carbocycles. The molecule has 0 bridgehead atoms. The maximum absolute atomic E-state index is 14.3. The Kier molecular flexibility index (Phi) is 4.74. The number of anilines is 1. The molecule has 2 aromatic heterocycles. The number of nitrogens with one attached hydrogen (secondary N) is 1. The minimum atomic E-state index is -3.25. The number of sulfone groups is 1. The number of nitrogens with zero attached hydrogens (tertiary/aromatic N) is 3. The zero-order chi connectivity index (χ0) is 20.9. The first kappa shape index (κ1) is 19.4. The largest absolute Gasteiger partial charge is 0.377 e. The van der Waals surface area contributed by atoms with Crippen molar-refractivity contribution in [2.45, 2.75) is 31.1 Å². The molecule has 5 rings (SSSR count). The van der Waals surface area contributed by atoms with Crippen molar-refractivity contribution in [3.63, 3.8) is 0 Å². The van der Waals surface area contributed by atoms with Crippen LogP contribution in [-0.2, 0) is 14.6 Å². The lowest BCUT2D eigenvalue weighted by molar-refractivity contribution is 0.0985. The lowest BCUT2D eigenvalue weighted by Gasteiger charge is -2.34. The van der Waals surface area contributed by atoms with Gasteiger partial charge < -0.3 is 14.6 Å². The summed E-state index contributed by atoms with van der Waals surface area (Å²) < 4.78 is 45.1. The Morgan fingerprint density at radius 1 is 1.27 bits per heavy atom. The van der Waals surface area contributed by atoms with Crippen LogP contribution in [0.4, 0.5) is 10.2 Å². The van der Waals surface area contributed by atoms with Crippen LogP contribution in [-0.4, -0.2) is 54.9 Å². The second kappa shape index (κ2) is 7.31. The molecule has 3 aromatic rings. The molecular weight excluding hydrogens is 407 g/mol. The summed E-state index contributed by atoms with van der Waals surface area (Å²) in [6, 6.07) is 6.56. The van der Waals surface area contributed by atoms with Gasteiger partial charge >= 0.3 is 0 Å². The van der Waals surface area contributed by atoms with Crippen molar-refractivity contribution in [2.75, 3.05) is 30.4 Å². The number of aromatic nitrogens is 3. The molecule has 0 radical (unpaired) electrons. The fourth-order valence-electron chi connectivity index (χ4n) is 4.39. The van der Waals surface area contributed by atoms with Gasteiger partial charge in [0.25, 0.3) is 0 Å². The van der Waals surface area contributed by atoms with E-state index < -0.39 is 20.9 Å². The van der Waals surface area contributed by atoms with Crippen LogP contribution in [0, 0.1) is 5.82 Å². The SMILES string of the molecule is CC1COCCN1c1cc(C2CCCS2(=O)=O)nc(-c2cc(F)cc3[nH]ccc23)n1. The van der Waals surface area contributed by atoms with Crippen LogP contribution in [0.25, 0.3) is 22.3 Å². The van der Waals surface area contributed by atoms with Crippen molar-refractivity contribution in [1.82, 2.24) is 15.0 Å². The second-order valence-corrected chi connectivity index (χ2v) is 10.3. The van der Waals surface area contributed by atoms with E-state index in [2.05, 4.69) is 14.9 Å². The molecule has 2 fully saturated rings. The van der Waals surface area contributed by atoms with Gasteiger partial charge in [-0.1, -0.05) is 0 Å². The average Bonchev–Trinajstić information content (AvgIpc) is 3.32. The predicted octanol–water partition coefficient (Wildman–Crippen LogP) is 3.24. The van der Waals surface area contributed by atoms with Crippen molar-refractivity contribution in [3.05, 3.63) is 42.0 Å². The number of morpholine rings is 1.